The third-order valence-corrected chi connectivity index (χ3v) is 3.75. The summed E-state index contributed by atoms with van der Waals surface area (Å²) in [5.74, 6) is 0.745. The second-order valence-electron chi connectivity index (χ2n) is 4.66. The molecule has 0 amide bonds. The lowest BCUT2D eigenvalue weighted by Gasteiger charge is -2.22. The zero-order chi connectivity index (χ0) is 12.1. The number of nitrogens with one attached hydrogen (secondary N) is 1. The lowest BCUT2D eigenvalue weighted by molar-refractivity contribution is 0.373. The van der Waals surface area contributed by atoms with Gasteiger partial charge in [0.2, 0.25) is 0 Å². The summed E-state index contributed by atoms with van der Waals surface area (Å²) in [6.45, 7) is 0.953. The smallest absolute Gasteiger partial charge is 0.103 e. The van der Waals surface area contributed by atoms with Crippen LogP contribution in [-0.4, -0.2) is 6.54 Å². The quantitative estimate of drug-likeness (QED) is 0.870. The van der Waals surface area contributed by atoms with Crippen molar-refractivity contribution in [3.8, 4) is 6.07 Å². The molecular formula is C14H17ClN2. The van der Waals surface area contributed by atoms with Crippen molar-refractivity contribution in [2.24, 2.45) is 5.92 Å². The molecule has 1 aliphatic carbocycles. The maximum atomic E-state index is 9.06. The van der Waals surface area contributed by atoms with E-state index in [-0.39, 0.29) is 0 Å². The van der Waals surface area contributed by atoms with Crippen LogP contribution in [0.4, 0.5) is 5.69 Å². The highest BCUT2D eigenvalue weighted by molar-refractivity contribution is 6.32. The molecule has 2 rings (SSSR count). The fourth-order valence-electron chi connectivity index (χ4n) is 2.43. The summed E-state index contributed by atoms with van der Waals surface area (Å²) in [6.07, 6.45) is 6.65. The Morgan fingerprint density at radius 2 is 2.06 bits per heavy atom. The molecule has 0 unspecified atom stereocenters. The molecule has 0 heterocycles. The molecule has 0 aliphatic heterocycles. The predicted molar refractivity (Wildman–Crippen MR) is 71.2 cm³/mol. The minimum Gasteiger partial charge on any atom is -0.384 e. The Bertz CT molecular complexity index is 417. The predicted octanol–water partition coefficient (Wildman–Crippen LogP) is 4.20. The number of halogens is 1. The molecule has 90 valence electrons. The molecule has 1 saturated carbocycles. The topological polar surface area (TPSA) is 35.8 Å². The second-order valence-corrected chi connectivity index (χ2v) is 5.07. The van der Waals surface area contributed by atoms with Gasteiger partial charge in [-0.1, -0.05) is 36.9 Å². The van der Waals surface area contributed by atoms with Gasteiger partial charge >= 0.3 is 0 Å². The van der Waals surface area contributed by atoms with Gasteiger partial charge in [-0.2, -0.15) is 5.26 Å². The molecule has 0 spiro atoms. The standard InChI is InChI=1S/C14H17ClN2/c15-13-7-4-8-14(12(13)9-16)17-10-11-5-2-1-3-6-11/h4,7-8,11,17H,1-3,5-6,10H2. The summed E-state index contributed by atoms with van der Waals surface area (Å²) in [5.41, 5.74) is 1.43. The van der Waals surface area contributed by atoms with Crippen LogP contribution in [0, 0.1) is 17.2 Å². The number of hydrogen-bond acceptors (Lipinski definition) is 2. The molecule has 1 aromatic rings. The van der Waals surface area contributed by atoms with Crippen molar-refractivity contribution in [2.45, 2.75) is 32.1 Å². The molecule has 0 saturated heterocycles. The van der Waals surface area contributed by atoms with E-state index in [1.807, 2.05) is 12.1 Å². The largest absolute Gasteiger partial charge is 0.384 e. The van der Waals surface area contributed by atoms with E-state index in [1.165, 1.54) is 32.1 Å². The van der Waals surface area contributed by atoms with Crippen LogP contribution in [0.5, 0.6) is 0 Å². The van der Waals surface area contributed by atoms with E-state index in [0.717, 1.165) is 18.2 Å². The molecule has 2 nitrogen and oxygen atoms in total. The molecule has 0 radical (unpaired) electrons. The molecule has 3 heteroatoms. The average Bonchev–Trinajstić information content (AvgIpc) is 2.37. The van der Waals surface area contributed by atoms with Crippen molar-refractivity contribution in [3.63, 3.8) is 0 Å². The molecule has 1 fully saturated rings. The lowest BCUT2D eigenvalue weighted by atomic mass is 9.89. The van der Waals surface area contributed by atoms with Gasteiger partial charge in [-0.15, -0.1) is 0 Å². The number of rotatable bonds is 3. The Labute approximate surface area is 108 Å². The molecule has 1 aromatic carbocycles. The molecule has 1 aliphatic rings. The van der Waals surface area contributed by atoms with E-state index in [4.69, 9.17) is 16.9 Å². The Morgan fingerprint density at radius 1 is 1.29 bits per heavy atom. The summed E-state index contributed by atoms with van der Waals surface area (Å²) in [4.78, 5) is 0. The Morgan fingerprint density at radius 3 is 2.76 bits per heavy atom. The fourth-order valence-corrected chi connectivity index (χ4v) is 2.65. The first kappa shape index (κ1) is 12.3. The number of benzene rings is 1. The van der Waals surface area contributed by atoms with Gasteiger partial charge in [-0.3, -0.25) is 0 Å². The molecule has 1 N–H and O–H groups in total. The Balaban J connectivity index is 1.99. The minimum absolute atomic E-state index is 0.529. The van der Waals surface area contributed by atoms with Crippen LogP contribution >= 0.6 is 11.6 Å². The SMILES string of the molecule is N#Cc1c(Cl)cccc1NCC1CCCCC1. The van der Waals surface area contributed by atoms with Crippen LogP contribution in [0.3, 0.4) is 0 Å². The molecule has 17 heavy (non-hydrogen) atoms. The first-order valence-corrected chi connectivity index (χ1v) is 6.61. The monoisotopic (exact) mass is 248 g/mol. The molecular weight excluding hydrogens is 232 g/mol. The third-order valence-electron chi connectivity index (χ3n) is 3.43. The van der Waals surface area contributed by atoms with Crippen molar-refractivity contribution in [1.29, 1.82) is 5.26 Å². The average molecular weight is 249 g/mol. The normalized spacial score (nSPS) is 16.5. The highest BCUT2D eigenvalue weighted by Crippen LogP contribution is 2.26. The van der Waals surface area contributed by atoms with Crippen LogP contribution in [0.1, 0.15) is 37.7 Å². The van der Waals surface area contributed by atoms with Gasteiger partial charge in [0.25, 0.3) is 0 Å². The summed E-state index contributed by atoms with van der Waals surface area (Å²) in [6, 6.07) is 7.72. The highest BCUT2D eigenvalue weighted by Gasteiger charge is 2.14. The van der Waals surface area contributed by atoms with Gasteiger partial charge in [-0.05, 0) is 30.9 Å². The summed E-state index contributed by atoms with van der Waals surface area (Å²) < 4.78 is 0. The van der Waals surface area contributed by atoms with Crippen LogP contribution < -0.4 is 5.32 Å². The van der Waals surface area contributed by atoms with Gasteiger partial charge < -0.3 is 5.32 Å². The minimum atomic E-state index is 0.529. The number of nitrogens with zero attached hydrogens (tertiary/aromatic N) is 1. The van der Waals surface area contributed by atoms with Crippen LogP contribution in [0.2, 0.25) is 5.02 Å². The lowest BCUT2D eigenvalue weighted by Crippen LogP contribution is -2.17. The van der Waals surface area contributed by atoms with E-state index in [0.29, 0.717) is 10.6 Å². The van der Waals surface area contributed by atoms with Crippen molar-refractivity contribution in [2.75, 3.05) is 11.9 Å². The van der Waals surface area contributed by atoms with Gasteiger partial charge in [-0.25, -0.2) is 0 Å². The fraction of sp³-hybridized carbons (Fsp3) is 0.500. The van der Waals surface area contributed by atoms with E-state index in [9.17, 15) is 0 Å². The summed E-state index contributed by atoms with van der Waals surface area (Å²) in [7, 11) is 0. The number of anilines is 1. The van der Waals surface area contributed by atoms with Gasteiger partial charge in [0.05, 0.1) is 16.3 Å². The summed E-state index contributed by atoms with van der Waals surface area (Å²) >= 11 is 5.99. The van der Waals surface area contributed by atoms with Gasteiger partial charge in [0.15, 0.2) is 0 Å². The van der Waals surface area contributed by atoms with Crippen molar-refractivity contribution in [1.82, 2.24) is 0 Å². The van der Waals surface area contributed by atoms with E-state index >= 15 is 0 Å². The zero-order valence-corrected chi connectivity index (χ0v) is 10.6. The molecule has 0 aromatic heterocycles. The van der Waals surface area contributed by atoms with Crippen LogP contribution in [-0.2, 0) is 0 Å². The maximum absolute atomic E-state index is 9.06. The number of hydrogen-bond donors (Lipinski definition) is 1. The van der Waals surface area contributed by atoms with Crippen molar-refractivity contribution >= 4 is 17.3 Å². The first-order chi connectivity index (χ1) is 8.31. The Kier molecular flexibility index (Phi) is 4.28. The molecule has 0 atom stereocenters. The second kappa shape index (κ2) is 5.93. The van der Waals surface area contributed by atoms with E-state index < -0.39 is 0 Å². The van der Waals surface area contributed by atoms with E-state index in [1.54, 1.807) is 6.07 Å². The maximum Gasteiger partial charge on any atom is 0.103 e. The zero-order valence-electron chi connectivity index (χ0n) is 9.88. The number of nitriles is 1. The Hall–Kier alpha value is -1.20. The van der Waals surface area contributed by atoms with E-state index in [2.05, 4.69) is 11.4 Å². The highest BCUT2D eigenvalue weighted by atomic mass is 35.5. The summed E-state index contributed by atoms with van der Waals surface area (Å²) in [5, 5.41) is 13.0. The van der Waals surface area contributed by atoms with Crippen molar-refractivity contribution in [3.05, 3.63) is 28.8 Å². The van der Waals surface area contributed by atoms with Gasteiger partial charge in [0.1, 0.15) is 6.07 Å². The van der Waals surface area contributed by atoms with Crippen LogP contribution in [0.25, 0.3) is 0 Å². The molecule has 0 bridgehead atoms. The first-order valence-electron chi connectivity index (χ1n) is 6.23. The third kappa shape index (κ3) is 3.14. The van der Waals surface area contributed by atoms with Crippen molar-refractivity contribution < 1.29 is 0 Å². The van der Waals surface area contributed by atoms with Gasteiger partial charge in [0, 0.05) is 6.54 Å². The van der Waals surface area contributed by atoms with Crippen LogP contribution in [0.15, 0.2) is 18.2 Å².